The van der Waals surface area contributed by atoms with Gasteiger partial charge in [-0.25, -0.2) is 4.57 Å². The highest BCUT2D eigenvalue weighted by Crippen LogP contribution is 2.43. The molecular formula is C32H68N2O6P+. The first-order valence-electron chi connectivity index (χ1n) is 16.9. The summed E-state index contributed by atoms with van der Waals surface area (Å²) in [6.07, 6.45) is 22.7. The number of nitrogens with one attached hydrogen (secondary N) is 1. The second-order valence-corrected chi connectivity index (χ2v) is 14.4. The number of aliphatic hydroxyl groups excluding tert-OH is 1. The molecule has 1 unspecified atom stereocenters. The lowest BCUT2D eigenvalue weighted by atomic mass is 10.0. The zero-order valence-corrected chi connectivity index (χ0v) is 28.4. The number of unbranched alkanes of at least 4 members (excludes halogenated alkanes) is 17. The summed E-state index contributed by atoms with van der Waals surface area (Å²) in [5, 5.41) is 13.8. The molecule has 0 bridgehead atoms. The zero-order chi connectivity index (χ0) is 30.8. The van der Waals surface area contributed by atoms with Gasteiger partial charge in [0.15, 0.2) is 0 Å². The highest BCUT2D eigenvalue weighted by Gasteiger charge is 2.28. The van der Waals surface area contributed by atoms with E-state index in [1.165, 1.54) is 83.5 Å². The van der Waals surface area contributed by atoms with E-state index in [0.717, 1.165) is 38.5 Å². The Balaban J connectivity index is 4.54. The molecule has 0 aromatic rings. The van der Waals surface area contributed by atoms with Crippen LogP contribution < -0.4 is 5.32 Å². The van der Waals surface area contributed by atoms with Gasteiger partial charge in [0.2, 0.25) is 5.91 Å². The minimum Gasteiger partial charge on any atom is -0.391 e. The SMILES string of the molecule is CCCCCCCCCCCCC[C@@H](O)[C@H](COP(=O)(O)OCC[N+](C)(C)C)NC(=O)CCCCCCCCCC. The first-order valence-corrected chi connectivity index (χ1v) is 18.4. The van der Waals surface area contributed by atoms with Gasteiger partial charge < -0.3 is 19.8 Å². The fourth-order valence-corrected chi connectivity index (χ4v) is 5.54. The van der Waals surface area contributed by atoms with Crippen LogP contribution in [0.3, 0.4) is 0 Å². The van der Waals surface area contributed by atoms with Crippen LogP contribution in [0.4, 0.5) is 0 Å². The van der Waals surface area contributed by atoms with E-state index in [-0.39, 0.29) is 19.1 Å². The third-order valence-electron chi connectivity index (χ3n) is 7.61. The van der Waals surface area contributed by atoms with Gasteiger partial charge in [-0.15, -0.1) is 0 Å². The van der Waals surface area contributed by atoms with Gasteiger partial charge in [0, 0.05) is 6.42 Å². The number of carbonyl (C=O) groups excluding carboxylic acids is 1. The molecule has 0 saturated carbocycles. The van der Waals surface area contributed by atoms with E-state index in [2.05, 4.69) is 19.2 Å². The van der Waals surface area contributed by atoms with Gasteiger partial charge in [0.05, 0.1) is 39.9 Å². The second-order valence-electron chi connectivity index (χ2n) is 12.9. The molecule has 0 saturated heterocycles. The van der Waals surface area contributed by atoms with Gasteiger partial charge in [-0.3, -0.25) is 13.8 Å². The number of phosphoric acid groups is 1. The van der Waals surface area contributed by atoms with Crippen molar-refractivity contribution in [2.45, 2.75) is 161 Å². The Hall–Kier alpha value is -0.500. The maximum atomic E-state index is 12.7. The molecule has 41 heavy (non-hydrogen) atoms. The quantitative estimate of drug-likeness (QED) is 0.0435. The lowest BCUT2D eigenvalue weighted by molar-refractivity contribution is -0.870. The summed E-state index contributed by atoms with van der Waals surface area (Å²) in [6, 6.07) is -0.748. The predicted molar refractivity (Wildman–Crippen MR) is 171 cm³/mol. The molecule has 3 atom stereocenters. The molecule has 246 valence electrons. The number of carbonyl (C=O) groups is 1. The maximum Gasteiger partial charge on any atom is 0.472 e. The van der Waals surface area contributed by atoms with Crippen LogP contribution in [0, 0.1) is 0 Å². The number of rotatable bonds is 30. The fourth-order valence-electron chi connectivity index (χ4n) is 4.81. The summed E-state index contributed by atoms with van der Waals surface area (Å²) < 4.78 is 23.4. The van der Waals surface area contributed by atoms with Crippen molar-refractivity contribution in [3.8, 4) is 0 Å². The number of hydrogen-bond donors (Lipinski definition) is 3. The van der Waals surface area contributed by atoms with Crippen molar-refractivity contribution in [3.63, 3.8) is 0 Å². The van der Waals surface area contributed by atoms with E-state index in [9.17, 15) is 19.4 Å². The van der Waals surface area contributed by atoms with Crippen LogP contribution in [0.2, 0.25) is 0 Å². The minimum atomic E-state index is -4.29. The fraction of sp³-hybridized carbons (Fsp3) is 0.969. The smallest absolute Gasteiger partial charge is 0.391 e. The molecule has 0 aliphatic heterocycles. The van der Waals surface area contributed by atoms with E-state index in [0.29, 0.717) is 23.9 Å². The molecule has 0 aliphatic rings. The van der Waals surface area contributed by atoms with Crippen molar-refractivity contribution in [1.29, 1.82) is 0 Å². The van der Waals surface area contributed by atoms with E-state index in [4.69, 9.17) is 9.05 Å². The number of amides is 1. The van der Waals surface area contributed by atoms with Gasteiger partial charge in [0.25, 0.3) is 0 Å². The van der Waals surface area contributed by atoms with Crippen molar-refractivity contribution in [1.82, 2.24) is 5.32 Å². The lowest BCUT2D eigenvalue weighted by Crippen LogP contribution is -2.46. The zero-order valence-electron chi connectivity index (χ0n) is 27.5. The Kier molecular flexibility index (Phi) is 25.6. The van der Waals surface area contributed by atoms with Gasteiger partial charge >= 0.3 is 7.82 Å². The van der Waals surface area contributed by atoms with Gasteiger partial charge in [-0.1, -0.05) is 129 Å². The molecule has 0 aromatic heterocycles. The largest absolute Gasteiger partial charge is 0.472 e. The summed E-state index contributed by atoms with van der Waals surface area (Å²) >= 11 is 0. The van der Waals surface area contributed by atoms with Gasteiger partial charge in [-0.2, -0.15) is 0 Å². The summed E-state index contributed by atoms with van der Waals surface area (Å²) in [4.78, 5) is 22.8. The number of aliphatic hydroxyl groups is 1. The molecule has 9 heteroatoms. The normalized spacial score (nSPS) is 15.0. The molecule has 3 N–H and O–H groups in total. The Morgan fingerprint density at radius 2 is 1.17 bits per heavy atom. The van der Waals surface area contributed by atoms with E-state index < -0.39 is 20.0 Å². The Morgan fingerprint density at radius 3 is 1.63 bits per heavy atom. The standard InChI is InChI=1S/C32H67N2O6P/c1-6-8-10-12-14-16-17-18-19-21-23-25-31(35)30(29-40-41(37,38)39-28-27-34(3,4)5)33-32(36)26-24-22-20-15-13-11-9-7-2/h30-31,35H,6-29H2,1-5H3,(H-,33,36,37,38)/p+1/t30-,31+/m0/s1. The van der Waals surface area contributed by atoms with Crippen molar-refractivity contribution in [2.75, 3.05) is 40.9 Å². The molecule has 0 fully saturated rings. The van der Waals surface area contributed by atoms with Crippen LogP contribution in [0.1, 0.15) is 149 Å². The van der Waals surface area contributed by atoms with Crippen LogP contribution in [-0.4, -0.2) is 73.4 Å². The van der Waals surface area contributed by atoms with Crippen LogP contribution in [0.25, 0.3) is 0 Å². The molecule has 8 nitrogen and oxygen atoms in total. The maximum absolute atomic E-state index is 12.7. The summed E-state index contributed by atoms with van der Waals surface area (Å²) in [5.41, 5.74) is 0. The van der Waals surface area contributed by atoms with E-state index in [1.54, 1.807) is 0 Å². The monoisotopic (exact) mass is 607 g/mol. The van der Waals surface area contributed by atoms with Crippen molar-refractivity contribution in [3.05, 3.63) is 0 Å². The van der Waals surface area contributed by atoms with Gasteiger partial charge in [0.1, 0.15) is 13.2 Å². The molecule has 1 amide bonds. The highest BCUT2D eigenvalue weighted by molar-refractivity contribution is 7.47. The molecular weight excluding hydrogens is 539 g/mol. The number of hydrogen-bond acceptors (Lipinski definition) is 5. The molecule has 0 radical (unpaired) electrons. The Labute approximate surface area is 253 Å². The average molecular weight is 608 g/mol. The van der Waals surface area contributed by atoms with Crippen molar-refractivity contribution in [2.24, 2.45) is 0 Å². The number of likely N-dealkylation sites (N-methyl/N-ethyl adjacent to an activating group) is 1. The van der Waals surface area contributed by atoms with E-state index in [1.807, 2.05) is 21.1 Å². The molecule has 0 spiro atoms. The molecule has 0 heterocycles. The first kappa shape index (κ1) is 40.5. The molecule has 0 aliphatic carbocycles. The Morgan fingerprint density at radius 1 is 0.732 bits per heavy atom. The molecule has 0 aromatic carbocycles. The summed E-state index contributed by atoms with van der Waals surface area (Å²) in [6.45, 7) is 4.82. The van der Waals surface area contributed by atoms with E-state index >= 15 is 0 Å². The van der Waals surface area contributed by atoms with Crippen LogP contribution in [-0.2, 0) is 18.4 Å². The topological polar surface area (TPSA) is 105 Å². The average Bonchev–Trinajstić information content (AvgIpc) is 2.90. The summed E-state index contributed by atoms with van der Waals surface area (Å²) in [5.74, 6) is -0.152. The third-order valence-corrected chi connectivity index (χ3v) is 8.59. The van der Waals surface area contributed by atoms with Crippen LogP contribution in [0.5, 0.6) is 0 Å². The predicted octanol–water partition coefficient (Wildman–Crippen LogP) is 7.90. The second kappa shape index (κ2) is 25.9. The lowest BCUT2D eigenvalue weighted by Gasteiger charge is -2.26. The highest BCUT2D eigenvalue weighted by atomic mass is 31.2. The number of nitrogens with zero attached hydrogens (tertiary/aromatic N) is 1. The van der Waals surface area contributed by atoms with Crippen LogP contribution >= 0.6 is 7.82 Å². The first-order chi connectivity index (χ1) is 19.5. The van der Waals surface area contributed by atoms with Crippen molar-refractivity contribution < 1.29 is 32.9 Å². The third kappa shape index (κ3) is 28.1. The Bertz CT molecular complexity index is 659. The van der Waals surface area contributed by atoms with Crippen LogP contribution in [0.15, 0.2) is 0 Å². The number of phosphoric ester groups is 1. The summed E-state index contributed by atoms with van der Waals surface area (Å²) in [7, 11) is 1.62. The minimum absolute atomic E-state index is 0.0774. The van der Waals surface area contributed by atoms with Crippen molar-refractivity contribution >= 4 is 13.7 Å². The molecule has 0 rings (SSSR count). The number of quaternary nitrogens is 1. The van der Waals surface area contributed by atoms with Gasteiger partial charge in [-0.05, 0) is 12.8 Å².